The topological polar surface area (TPSA) is 78.9 Å². The van der Waals surface area contributed by atoms with E-state index >= 15 is 0 Å². The lowest BCUT2D eigenvalue weighted by molar-refractivity contribution is -0.167. The molecule has 0 aliphatic heterocycles. The molecule has 0 fully saturated rings. The number of hydrogen-bond donors (Lipinski definition) is 0. The van der Waals surface area contributed by atoms with Crippen LogP contribution in [-0.4, -0.2) is 37.2 Å². The van der Waals surface area contributed by atoms with Crippen LogP contribution in [0.5, 0.6) is 0 Å². The molecule has 0 radical (unpaired) electrons. The van der Waals surface area contributed by atoms with Gasteiger partial charge < -0.3 is 14.2 Å². The molecule has 326 valence electrons. The summed E-state index contributed by atoms with van der Waals surface area (Å²) in [6, 6.07) is 0. The molecular formula is C49H94O6. The van der Waals surface area contributed by atoms with E-state index in [1.807, 2.05) is 0 Å². The van der Waals surface area contributed by atoms with Crippen LogP contribution < -0.4 is 0 Å². The molecule has 0 N–H and O–H groups in total. The lowest BCUT2D eigenvalue weighted by Crippen LogP contribution is -2.30. The van der Waals surface area contributed by atoms with E-state index in [0.717, 1.165) is 64.2 Å². The van der Waals surface area contributed by atoms with Crippen LogP contribution in [0.1, 0.15) is 278 Å². The van der Waals surface area contributed by atoms with Crippen molar-refractivity contribution in [2.45, 2.75) is 284 Å². The van der Waals surface area contributed by atoms with Crippen molar-refractivity contribution in [2.24, 2.45) is 0 Å². The van der Waals surface area contributed by atoms with E-state index in [0.29, 0.717) is 19.3 Å². The molecule has 0 aliphatic rings. The molecule has 0 unspecified atom stereocenters. The molecule has 0 saturated carbocycles. The van der Waals surface area contributed by atoms with Gasteiger partial charge in [0.25, 0.3) is 0 Å². The first-order chi connectivity index (χ1) is 27.0. The molecule has 0 aromatic heterocycles. The molecule has 6 nitrogen and oxygen atoms in total. The SMILES string of the molecule is CCCCCCCCCCCCCCCCCCCCCC(=O)O[C@H](COC(=O)CCCCCCC)COC(=O)CCCCCCCCCCCCCCC. The largest absolute Gasteiger partial charge is 0.462 e. The molecular weight excluding hydrogens is 685 g/mol. The first-order valence-electron chi connectivity index (χ1n) is 24.5. The van der Waals surface area contributed by atoms with Crippen molar-refractivity contribution in [3.05, 3.63) is 0 Å². The summed E-state index contributed by atoms with van der Waals surface area (Å²) in [5.74, 6) is -0.861. The summed E-state index contributed by atoms with van der Waals surface area (Å²) in [4.78, 5) is 37.5. The Hall–Kier alpha value is -1.59. The third-order valence-corrected chi connectivity index (χ3v) is 11.1. The van der Waals surface area contributed by atoms with Crippen LogP contribution in [0.15, 0.2) is 0 Å². The Morgan fingerprint density at radius 2 is 0.491 bits per heavy atom. The second kappa shape index (κ2) is 45.1. The molecule has 0 aromatic carbocycles. The van der Waals surface area contributed by atoms with Crippen LogP contribution in [0.3, 0.4) is 0 Å². The van der Waals surface area contributed by atoms with Gasteiger partial charge in [0.2, 0.25) is 0 Å². The van der Waals surface area contributed by atoms with Gasteiger partial charge in [0, 0.05) is 19.3 Å². The molecule has 0 bridgehead atoms. The van der Waals surface area contributed by atoms with Gasteiger partial charge >= 0.3 is 17.9 Å². The maximum absolute atomic E-state index is 12.7. The fourth-order valence-corrected chi connectivity index (χ4v) is 7.38. The van der Waals surface area contributed by atoms with E-state index in [2.05, 4.69) is 20.8 Å². The second-order valence-electron chi connectivity index (χ2n) is 16.7. The molecule has 0 amide bonds. The molecule has 0 aromatic rings. The minimum absolute atomic E-state index is 0.0635. The van der Waals surface area contributed by atoms with Crippen LogP contribution in [-0.2, 0) is 28.6 Å². The smallest absolute Gasteiger partial charge is 0.306 e. The number of unbranched alkanes of at least 4 members (excludes halogenated alkanes) is 34. The van der Waals surface area contributed by atoms with E-state index in [1.165, 1.54) is 173 Å². The maximum Gasteiger partial charge on any atom is 0.306 e. The number of hydrogen-bond acceptors (Lipinski definition) is 6. The molecule has 0 heterocycles. The van der Waals surface area contributed by atoms with Gasteiger partial charge in [-0.1, -0.05) is 239 Å². The monoisotopic (exact) mass is 779 g/mol. The van der Waals surface area contributed by atoms with E-state index in [-0.39, 0.29) is 31.1 Å². The van der Waals surface area contributed by atoms with Crippen LogP contribution in [0, 0.1) is 0 Å². The zero-order valence-electron chi connectivity index (χ0n) is 37.2. The molecule has 55 heavy (non-hydrogen) atoms. The Morgan fingerprint density at radius 1 is 0.291 bits per heavy atom. The Morgan fingerprint density at radius 3 is 0.727 bits per heavy atom. The first-order valence-corrected chi connectivity index (χ1v) is 24.5. The highest BCUT2D eigenvalue weighted by Gasteiger charge is 2.19. The van der Waals surface area contributed by atoms with E-state index in [4.69, 9.17) is 14.2 Å². The van der Waals surface area contributed by atoms with Gasteiger partial charge in [0.15, 0.2) is 6.10 Å². The van der Waals surface area contributed by atoms with Crippen molar-refractivity contribution in [1.29, 1.82) is 0 Å². The van der Waals surface area contributed by atoms with Gasteiger partial charge in [-0.2, -0.15) is 0 Å². The summed E-state index contributed by atoms with van der Waals surface area (Å²) in [5, 5.41) is 0. The van der Waals surface area contributed by atoms with Crippen LogP contribution in [0.25, 0.3) is 0 Å². The summed E-state index contributed by atoms with van der Waals surface area (Å²) in [6.07, 6.45) is 46.9. The van der Waals surface area contributed by atoms with Crippen molar-refractivity contribution in [1.82, 2.24) is 0 Å². The molecule has 0 saturated heterocycles. The Labute approximate surface area is 342 Å². The van der Waals surface area contributed by atoms with E-state index in [9.17, 15) is 14.4 Å². The quantitative estimate of drug-likeness (QED) is 0.0348. The van der Waals surface area contributed by atoms with Gasteiger partial charge in [-0.25, -0.2) is 0 Å². The minimum Gasteiger partial charge on any atom is -0.462 e. The van der Waals surface area contributed by atoms with Crippen molar-refractivity contribution in [3.63, 3.8) is 0 Å². The summed E-state index contributed by atoms with van der Waals surface area (Å²) >= 11 is 0. The number of rotatable bonds is 45. The number of carbonyl (C=O) groups is 3. The van der Waals surface area contributed by atoms with Crippen LogP contribution in [0.4, 0.5) is 0 Å². The number of carbonyl (C=O) groups excluding carboxylic acids is 3. The minimum atomic E-state index is -0.757. The van der Waals surface area contributed by atoms with E-state index in [1.54, 1.807) is 0 Å². The number of ether oxygens (including phenoxy) is 3. The lowest BCUT2D eigenvalue weighted by Gasteiger charge is -2.18. The highest BCUT2D eigenvalue weighted by Crippen LogP contribution is 2.16. The van der Waals surface area contributed by atoms with Gasteiger partial charge in [-0.3, -0.25) is 14.4 Å². The average Bonchev–Trinajstić information content (AvgIpc) is 3.18. The predicted octanol–water partition coefficient (Wildman–Crippen LogP) is 15.6. The summed E-state index contributed by atoms with van der Waals surface area (Å²) < 4.78 is 16.6. The zero-order chi connectivity index (χ0) is 40.1. The highest BCUT2D eigenvalue weighted by atomic mass is 16.6. The lowest BCUT2D eigenvalue weighted by atomic mass is 10.0. The Balaban J connectivity index is 4.11. The zero-order valence-corrected chi connectivity index (χ0v) is 37.2. The molecule has 0 rings (SSSR count). The molecule has 1 atom stereocenters. The summed E-state index contributed by atoms with van der Waals surface area (Å²) in [7, 11) is 0. The maximum atomic E-state index is 12.7. The van der Waals surface area contributed by atoms with Gasteiger partial charge in [-0.05, 0) is 19.3 Å². The third kappa shape index (κ3) is 43.4. The molecule has 6 heteroatoms. The van der Waals surface area contributed by atoms with Crippen molar-refractivity contribution < 1.29 is 28.6 Å². The van der Waals surface area contributed by atoms with Crippen molar-refractivity contribution >= 4 is 17.9 Å². The molecule has 0 spiro atoms. The standard InChI is InChI=1S/C49H94O6/c1-4-7-10-13-15-17-19-21-22-23-24-25-26-28-30-32-34-37-40-43-49(52)55-46(44-53-47(50)41-38-35-12-9-6-3)45-54-48(51)42-39-36-33-31-29-27-20-18-16-14-11-8-5-2/h46H,4-45H2,1-3H3/t46-/m1/s1. The predicted molar refractivity (Wildman–Crippen MR) is 233 cm³/mol. The van der Waals surface area contributed by atoms with Gasteiger partial charge in [-0.15, -0.1) is 0 Å². The molecule has 0 aliphatic carbocycles. The second-order valence-corrected chi connectivity index (χ2v) is 16.7. The van der Waals surface area contributed by atoms with Gasteiger partial charge in [0.05, 0.1) is 0 Å². The fourth-order valence-electron chi connectivity index (χ4n) is 7.38. The number of esters is 3. The Bertz CT molecular complexity index is 813. The summed E-state index contributed by atoms with van der Waals surface area (Å²) in [5.41, 5.74) is 0. The normalized spacial score (nSPS) is 11.8. The highest BCUT2D eigenvalue weighted by molar-refractivity contribution is 5.71. The average molecular weight is 779 g/mol. The third-order valence-electron chi connectivity index (χ3n) is 11.1. The van der Waals surface area contributed by atoms with E-state index < -0.39 is 6.10 Å². The van der Waals surface area contributed by atoms with Crippen molar-refractivity contribution in [2.75, 3.05) is 13.2 Å². The van der Waals surface area contributed by atoms with Crippen molar-refractivity contribution in [3.8, 4) is 0 Å². The van der Waals surface area contributed by atoms with Gasteiger partial charge in [0.1, 0.15) is 13.2 Å². The Kier molecular flexibility index (Phi) is 43.8. The summed E-state index contributed by atoms with van der Waals surface area (Å²) in [6.45, 7) is 6.59. The van der Waals surface area contributed by atoms with Crippen LogP contribution in [0.2, 0.25) is 0 Å². The van der Waals surface area contributed by atoms with Crippen LogP contribution >= 0.6 is 0 Å². The first kappa shape index (κ1) is 53.4. The fraction of sp³-hybridized carbons (Fsp3) is 0.939.